The lowest BCUT2D eigenvalue weighted by Gasteiger charge is -2.02. The molecular formula is C17H15BrN2O. The van der Waals surface area contributed by atoms with Crippen molar-refractivity contribution in [3.05, 3.63) is 76.7 Å². The van der Waals surface area contributed by atoms with Gasteiger partial charge < -0.3 is 9.73 Å². The molecule has 2 aromatic heterocycles. The van der Waals surface area contributed by atoms with Gasteiger partial charge in [0.2, 0.25) is 0 Å². The first-order valence-corrected chi connectivity index (χ1v) is 7.55. The van der Waals surface area contributed by atoms with E-state index < -0.39 is 0 Å². The first kappa shape index (κ1) is 14.0. The number of hydrogen-bond acceptors (Lipinski definition) is 3. The molecule has 0 saturated heterocycles. The molecule has 0 aliphatic heterocycles. The number of nitrogens with one attached hydrogen (secondary N) is 1. The molecule has 3 aromatic rings. The molecule has 0 unspecified atom stereocenters. The summed E-state index contributed by atoms with van der Waals surface area (Å²) in [6.07, 6.45) is 3.64. The minimum absolute atomic E-state index is 0.700. The van der Waals surface area contributed by atoms with Crippen LogP contribution >= 0.6 is 15.9 Å². The van der Waals surface area contributed by atoms with Crippen molar-refractivity contribution in [2.75, 3.05) is 0 Å². The maximum atomic E-state index is 5.85. The van der Waals surface area contributed by atoms with Gasteiger partial charge in [-0.15, -0.1) is 0 Å². The van der Waals surface area contributed by atoms with Crippen LogP contribution in [0.3, 0.4) is 0 Å². The summed E-state index contributed by atoms with van der Waals surface area (Å²) < 4.78 is 6.92. The second-order valence-electron chi connectivity index (χ2n) is 4.74. The summed E-state index contributed by atoms with van der Waals surface area (Å²) >= 11 is 3.43. The molecule has 0 radical (unpaired) electrons. The summed E-state index contributed by atoms with van der Waals surface area (Å²) in [6, 6.07) is 16.1. The normalized spacial score (nSPS) is 10.7. The Hall–Kier alpha value is -1.91. The molecule has 0 spiro atoms. The Morgan fingerprint density at radius 3 is 2.62 bits per heavy atom. The lowest BCUT2D eigenvalue weighted by molar-refractivity contribution is 0.493. The van der Waals surface area contributed by atoms with Crippen molar-refractivity contribution in [2.45, 2.75) is 13.1 Å². The van der Waals surface area contributed by atoms with Crippen LogP contribution in [-0.2, 0) is 13.1 Å². The van der Waals surface area contributed by atoms with Crippen LogP contribution in [-0.4, -0.2) is 4.98 Å². The van der Waals surface area contributed by atoms with Crippen molar-refractivity contribution in [3.8, 4) is 11.3 Å². The van der Waals surface area contributed by atoms with E-state index in [4.69, 9.17) is 4.42 Å². The van der Waals surface area contributed by atoms with E-state index in [-0.39, 0.29) is 0 Å². The Bertz CT molecular complexity index is 692. The Balaban J connectivity index is 1.59. The Labute approximate surface area is 132 Å². The van der Waals surface area contributed by atoms with Crippen molar-refractivity contribution in [1.82, 2.24) is 10.3 Å². The van der Waals surface area contributed by atoms with Gasteiger partial charge in [0.1, 0.15) is 11.5 Å². The average molecular weight is 343 g/mol. The molecule has 3 nitrogen and oxygen atoms in total. The summed E-state index contributed by atoms with van der Waals surface area (Å²) in [7, 11) is 0. The summed E-state index contributed by atoms with van der Waals surface area (Å²) in [5.74, 6) is 1.82. The third-order valence-corrected chi connectivity index (χ3v) is 3.67. The summed E-state index contributed by atoms with van der Waals surface area (Å²) in [5, 5.41) is 3.35. The monoisotopic (exact) mass is 342 g/mol. The average Bonchev–Trinajstić information content (AvgIpc) is 2.98. The fraction of sp³-hybridized carbons (Fsp3) is 0.118. The third-order valence-electron chi connectivity index (χ3n) is 3.14. The molecule has 0 fully saturated rings. The van der Waals surface area contributed by atoms with Gasteiger partial charge in [0.15, 0.2) is 0 Å². The zero-order valence-electron chi connectivity index (χ0n) is 11.4. The lowest BCUT2D eigenvalue weighted by atomic mass is 10.2. The van der Waals surface area contributed by atoms with Crippen LogP contribution in [0.15, 0.2) is 69.8 Å². The van der Waals surface area contributed by atoms with Gasteiger partial charge in [-0.3, -0.25) is 4.98 Å². The van der Waals surface area contributed by atoms with Crippen molar-refractivity contribution in [2.24, 2.45) is 0 Å². The molecular weight excluding hydrogens is 328 g/mol. The van der Waals surface area contributed by atoms with Gasteiger partial charge in [-0.25, -0.2) is 0 Å². The molecule has 3 rings (SSSR count). The Morgan fingerprint density at radius 2 is 1.86 bits per heavy atom. The zero-order chi connectivity index (χ0) is 14.5. The number of pyridine rings is 1. The molecule has 1 N–H and O–H groups in total. The van der Waals surface area contributed by atoms with Crippen molar-refractivity contribution in [3.63, 3.8) is 0 Å². The van der Waals surface area contributed by atoms with Gasteiger partial charge in [0, 0.05) is 29.0 Å². The van der Waals surface area contributed by atoms with Crippen LogP contribution in [0.25, 0.3) is 11.3 Å². The minimum Gasteiger partial charge on any atom is -0.460 e. The van der Waals surface area contributed by atoms with E-state index in [0.717, 1.165) is 33.7 Å². The highest BCUT2D eigenvalue weighted by molar-refractivity contribution is 9.10. The molecule has 0 saturated carbocycles. The SMILES string of the molecule is Brc1ccc(-c2ccc(CNCc3cccnc3)o2)cc1. The summed E-state index contributed by atoms with van der Waals surface area (Å²) in [4.78, 5) is 4.09. The van der Waals surface area contributed by atoms with Gasteiger partial charge in [0.25, 0.3) is 0 Å². The van der Waals surface area contributed by atoms with Crippen LogP contribution in [0.4, 0.5) is 0 Å². The standard InChI is InChI=1S/C17H15BrN2O/c18-15-5-3-14(4-6-15)17-8-7-16(21-17)12-20-11-13-2-1-9-19-10-13/h1-10,20H,11-12H2. The number of furan rings is 1. The van der Waals surface area contributed by atoms with Gasteiger partial charge >= 0.3 is 0 Å². The van der Waals surface area contributed by atoms with E-state index in [0.29, 0.717) is 6.54 Å². The Kier molecular flexibility index (Phi) is 4.48. The topological polar surface area (TPSA) is 38.1 Å². The number of benzene rings is 1. The largest absolute Gasteiger partial charge is 0.460 e. The zero-order valence-corrected chi connectivity index (χ0v) is 13.0. The third kappa shape index (κ3) is 3.80. The van der Waals surface area contributed by atoms with Gasteiger partial charge in [0.05, 0.1) is 6.54 Å². The van der Waals surface area contributed by atoms with Crippen LogP contribution in [0, 0.1) is 0 Å². The maximum absolute atomic E-state index is 5.85. The molecule has 1 aromatic carbocycles. The first-order chi connectivity index (χ1) is 10.3. The molecule has 21 heavy (non-hydrogen) atoms. The Morgan fingerprint density at radius 1 is 1.00 bits per heavy atom. The maximum Gasteiger partial charge on any atom is 0.134 e. The highest BCUT2D eigenvalue weighted by atomic mass is 79.9. The van der Waals surface area contributed by atoms with Crippen molar-refractivity contribution in [1.29, 1.82) is 0 Å². The minimum atomic E-state index is 0.700. The molecule has 0 atom stereocenters. The molecule has 0 aliphatic rings. The molecule has 4 heteroatoms. The van der Waals surface area contributed by atoms with Crippen LogP contribution in [0.2, 0.25) is 0 Å². The molecule has 2 heterocycles. The van der Waals surface area contributed by atoms with Gasteiger partial charge in [-0.1, -0.05) is 34.1 Å². The molecule has 0 aliphatic carbocycles. The number of rotatable bonds is 5. The number of halogens is 1. The number of hydrogen-bond donors (Lipinski definition) is 1. The molecule has 106 valence electrons. The van der Waals surface area contributed by atoms with Crippen molar-refractivity contribution >= 4 is 15.9 Å². The van der Waals surface area contributed by atoms with E-state index in [2.05, 4.69) is 32.3 Å². The lowest BCUT2D eigenvalue weighted by Crippen LogP contribution is -2.12. The van der Waals surface area contributed by atoms with E-state index in [9.17, 15) is 0 Å². The smallest absolute Gasteiger partial charge is 0.134 e. The van der Waals surface area contributed by atoms with E-state index >= 15 is 0 Å². The summed E-state index contributed by atoms with van der Waals surface area (Å²) in [6.45, 7) is 1.48. The second kappa shape index (κ2) is 6.70. The van der Waals surface area contributed by atoms with Crippen LogP contribution in [0.1, 0.15) is 11.3 Å². The van der Waals surface area contributed by atoms with E-state index in [1.54, 1.807) is 6.20 Å². The summed E-state index contributed by atoms with van der Waals surface area (Å²) in [5.41, 5.74) is 2.24. The quantitative estimate of drug-likeness (QED) is 0.746. The first-order valence-electron chi connectivity index (χ1n) is 6.75. The highest BCUT2D eigenvalue weighted by Crippen LogP contribution is 2.23. The van der Waals surface area contributed by atoms with Crippen LogP contribution < -0.4 is 5.32 Å². The number of nitrogens with zero attached hydrogens (tertiary/aromatic N) is 1. The van der Waals surface area contributed by atoms with Crippen molar-refractivity contribution < 1.29 is 4.42 Å². The van der Waals surface area contributed by atoms with Gasteiger partial charge in [-0.2, -0.15) is 0 Å². The predicted molar refractivity (Wildman–Crippen MR) is 86.6 cm³/mol. The van der Waals surface area contributed by atoms with E-state index in [1.807, 2.05) is 48.7 Å². The van der Waals surface area contributed by atoms with Crippen LogP contribution in [0.5, 0.6) is 0 Å². The fourth-order valence-electron chi connectivity index (χ4n) is 2.07. The highest BCUT2D eigenvalue weighted by Gasteiger charge is 2.04. The molecule has 0 amide bonds. The second-order valence-corrected chi connectivity index (χ2v) is 5.65. The molecule has 0 bridgehead atoms. The van der Waals surface area contributed by atoms with Gasteiger partial charge in [-0.05, 0) is 35.9 Å². The predicted octanol–water partition coefficient (Wildman–Crippen LogP) is 4.39. The number of aromatic nitrogens is 1. The van der Waals surface area contributed by atoms with E-state index in [1.165, 1.54) is 0 Å². The fourth-order valence-corrected chi connectivity index (χ4v) is 2.34.